The van der Waals surface area contributed by atoms with E-state index in [2.05, 4.69) is 27.8 Å². The van der Waals surface area contributed by atoms with E-state index in [9.17, 15) is 0 Å². The molecule has 2 rings (SSSR count). The third-order valence-electron chi connectivity index (χ3n) is 5.48. The maximum absolute atomic E-state index is 3.86. The Morgan fingerprint density at radius 1 is 0.947 bits per heavy atom. The smallest absolute Gasteiger partial charge is 0.0100 e. The van der Waals surface area contributed by atoms with Crippen molar-refractivity contribution in [3.05, 3.63) is 0 Å². The molecule has 112 valence electrons. The number of hydrogen-bond donors (Lipinski definition) is 0. The molecule has 0 aromatic rings. The molecule has 0 atom stereocenters. The summed E-state index contributed by atoms with van der Waals surface area (Å²) in [5, 5.41) is 1.21. The lowest BCUT2D eigenvalue weighted by Crippen LogP contribution is -2.45. The average Bonchev–Trinajstić information content (AvgIpc) is 2.72. The highest BCUT2D eigenvalue weighted by Gasteiger charge is 2.33. The number of hydrogen-bond acceptors (Lipinski definition) is 1. The number of rotatable bonds is 5. The molecule has 19 heavy (non-hydrogen) atoms. The Labute approximate surface area is 128 Å². The lowest BCUT2D eigenvalue weighted by atomic mass is 9.81. The molecule has 0 heterocycles. The van der Waals surface area contributed by atoms with Gasteiger partial charge in [0, 0.05) is 17.9 Å². The van der Waals surface area contributed by atoms with Crippen LogP contribution in [0.2, 0.25) is 0 Å². The van der Waals surface area contributed by atoms with Crippen molar-refractivity contribution in [2.45, 2.75) is 83.6 Å². The number of halogens is 1. The maximum atomic E-state index is 3.86. The van der Waals surface area contributed by atoms with Crippen molar-refractivity contribution in [1.29, 1.82) is 0 Å². The van der Waals surface area contributed by atoms with Gasteiger partial charge in [-0.15, -0.1) is 0 Å². The molecular formula is C17H32BrN. The fraction of sp³-hybridized carbons (Fsp3) is 1.00. The maximum Gasteiger partial charge on any atom is 0.0100 e. The Kier molecular flexibility index (Phi) is 6.68. The van der Waals surface area contributed by atoms with Crippen LogP contribution < -0.4 is 0 Å². The van der Waals surface area contributed by atoms with Gasteiger partial charge in [0.25, 0.3) is 0 Å². The highest BCUT2D eigenvalue weighted by molar-refractivity contribution is 9.09. The van der Waals surface area contributed by atoms with E-state index in [1.807, 2.05) is 0 Å². The van der Waals surface area contributed by atoms with Crippen molar-refractivity contribution >= 4 is 15.9 Å². The first-order valence-electron chi connectivity index (χ1n) is 8.60. The molecule has 0 aliphatic heterocycles. The zero-order valence-electron chi connectivity index (χ0n) is 12.8. The van der Waals surface area contributed by atoms with Crippen LogP contribution in [0, 0.1) is 5.41 Å². The Balaban J connectivity index is 1.97. The second-order valence-corrected chi connectivity index (χ2v) is 7.46. The first-order valence-corrected chi connectivity index (χ1v) is 9.72. The first-order chi connectivity index (χ1) is 9.29. The second-order valence-electron chi connectivity index (χ2n) is 6.90. The predicted molar refractivity (Wildman–Crippen MR) is 88.0 cm³/mol. The van der Waals surface area contributed by atoms with Crippen molar-refractivity contribution in [2.75, 3.05) is 18.4 Å². The summed E-state index contributed by atoms with van der Waals surface area (Å²) in [6.45, 7) is 4.96. The molecule has 0 bridgehead atoms. The third kappa shape index (κ3) is 4.46. The van der Waals surface area contributed by atoms with Gasteiger partial charge in [0.15, 0.2) is 0 Å². The van der Waals surface area contributed by atoms with Gasteiger partial charge in [-0.2, -0.15) is 0 Å². The van der Waals surface area contributed by atoms with Crippen molar-refractivity contribution in [3.63, 3.8) is 0 Å². The van der Waals surface area contributed by atoms with E-state index in [4.69, 9.17) is 0 Å². The largest absolute Gasteiger partial charge is 0.300 e. The topological polar surface area (TPSA) is 3.24 Å². The van der Waals surface area contributed by atoms with Crippen LogP contribution in [0.5, 0.6) is 0 Å². The summed E-state index contributed by atoms with van der Waals surface area (Å²) in [4.78, 5) is 2.83. The highest BCUT2D eigenvalue weighted by atomic mass is 79.9. The molecular weight excluding hydrogens is 298 g/mol. The monoisotopic (exact) mass is 329 g/mol. The van der Waals surface area contributed by atoms with Gasteiger partial charge in [0.1, 0.15) is 0 Å². The van der Waals surface area contributed by atoms with Crippen molar-refractivity contribution < 1.29 is 0 Å². The van der Waals surface area contributed by atoms with E-state index < -0.39 is 0 Å². The minimum absolute atomic E-state index is 0.573. The molecule has 2 saturated carbocycles. The van der Waals surface area contributed by atoms with E-state index in [1.165, 1.54) is 89.0 Å². The Hall–Kier alpha value is 0.440. The Bertz CT molecular complexity index is 240. The Morgan fingerprint density at radius 3 is 2.05 bits per heavy atom. The predicted octanol–water partition coefficient (Wildman–Crippen LogP) is 5.38. The van der Waals surface area contributed by atoms with Crippen LogP contribution >= 0.6 is 15.9 Å². The molecule has 0 saturated heterocycles. The summed E-state index contributed by atoms with van der Waals surface area (Å²) in [6, 6.07) is 0.887. The molecule has 0 amide bonds. The SMILES string of the molecule is CCN(CC1(CBr)CCCCCC1)C1CCCCC1. The van der Waals surface area contributed by atoms with Gasteiger partial charge >= 0.3 is 0 Å². The molecule has 0 aromatic carbocycles. The van der Waals surface area contributed by atoms with Crippen LogP contribution in [-0.4, -0.2) is 29.4 Å². The van der Waals surface area contributed by atoms with E-state index in [0.29, 0.717) is 5.41 Å². The van der Waals surface area contributed by atoms with Gasteiger partial charge in [-0.3, -0.25) is 0 Å². The molecule has 0 N–H and O–H groups in total. The number of alkyl halides is 1. The van der Waals surface area contributed by atoms with E-state index in [-0.39, 0.29) is 0 Å². The van der Waals surface area contributed by atoms with E-state index in [0.717, 1.165) is 6.04 Å². The van der Waals surface area contributed by atoms with Crippen LogP contribution in [-0.2, 0) is 0 Å². The molecule has 0 unspecified atom stereocenters. The molecule has 1 nitrogen and oxygen atoms in total. The van der Waals surface area contributed by atoms with Gasteiger partial charge in [-0.25, -0.2) is 0 Å². The summed E-state index contributed by atoms with van der Waals surface area (Å²) >= 11 is 3.86. The van der Waals surface area contributed by atoms with Crippen LogP contribution in [0.3, 0.4) is 0 Å². The summed E-state index contributed by atoms with van der Waals surface area (Å²) in [7, 11) is 0. The lowest BCUT2D eigenvalue weighted by molar-refractivity contribution is 0.0947. The van der Waals surface area contributed by atoms with Crippen molar-refractivity contribution in [1.82, 2.24) is 4.90 Å². The minimum atomic E-state index is 0.573. The van der Waals surface area contributed by atoms with E-state index >= 15 is 0 Å². The molecule has 0 spiro atoms. The van der Waals surface area contributed by atoms with Crippen LogP contribution in [0.1, 0.15) is 77.6 Å². The summed E-state index contributed by atoms with van der Waals surface area (Å²) in [6.07, 6.45) is 16.0. The van der Waals surface area contributed by atoms with Gasteiger partial charge in [0.05, 0.1) is 0 Å². The van der Waals surface area contributed by atoms with Gasteiger partial charge in [0.2, 0.25) is 0 Å². The standard InChI is InChI=1S/C17H32BrN/c1-2-19(16-10-6-5-7-11-16)15-17(14-18)12-8-3-4-9-13-17/h16H,2-15H2,1H3. The fourth-order valence-corrected chi connectivity index (χ4v) is 4.93. The molecule has 2 fully saturated rings. The normalized spacial score (nSPS) is 25.4. The molecule has 0 radical (unpaired) electrons. The molecule has 2 aliphatic rings. The lowest BCUT2D eigenvalue weighted by Gasteiger charge is -2.41. The zero-order chi connectivity index (χ0) is 13.6. The average molecular weight is 330 g/mol. The second kappa shape index (κ2) is 8.02. The van der Waals surface area contributed by atoms with Crippen LogP contribution in [0.25, 0.3) is 0 Å². The van der Waals surface area contributed by atoms with Crippen molar-refractivity contribution in [2.24, 2.45) is 5.41 Å². The third-order valence-corrected chi connectivity index (χ3v) is 6.67. The fourth-order valence-electron chi connectivity index (χ4n) is 4.19. The zero-order valence-corrected chi connectivity index (χ0v) is 14.4. The molecule has 2 heteroatoms. The molecule has 2 aliphatic carbocycles. The minimum Gasteiger partial charge on any atom is -0.300 e. The highest BCUT2D eigenvalue weighted by Crippen LogP contribution is 2.38. The van der Waals surface area contributed by atoms with E-state index in [1.54, 1.807) is 0 Å². The molecule has 0 aromatic heterocycles. The Morgan fingerprint density at radius 2 is 1.53 bits per heavy atom. The summed E-state index contributed by atoms with van der Waals surface area (Å²) in [5.41, 5.74) is 0.573. The van der Waals surface area contributed by atoms with Crippen LogP contribution in [0.15, 0.2) is 0 Å². The number of nitrogens with zero attached hydrogens (tertiary/aromatic N) is 1. The summed E-state index contributed by atoms with van der Waals surface area (Å²) in [5.74, 6) is 0. The van der Waals surface area contributed by atoms with Gasteiger partial charge in [-0.1, -0.05) is 67.8 Å². The van der Waals surface area contributed by atoms with Gasteiger partial charge < -0.3 is 4.90 Å². The first kappa shape index (κ1) is 15.8. The quantitative estimate of drug-likeness (QED) is 0.483. The van der Waals surface area contributed by atoms with Crippen molar-refractivity contribution in [3.8, 4) is 0 Å². The van der Waals surface area contributed by atoms with Gasteiger partial charge in [-0.05, 0) is 37.6 Å². The summed E-state index contributed by atoms with van der Waals surface area (Å²) < 4.78 is 0. The van der Waals surface area contributed by atoms with Crippen LogP contribution in [0.4, 0.5) is 0 Å².